The van der Waals surface area contributed by atoms with Gasteiger partial charge >= 0.3 is 0 Å². The monoisotopic (exact) mass is 411 g/mol. The predicted molar refractivity (Wildman–Crippen MR) is 101 cm³/mol. The molecule has 1 aromatic carbocycles. The Hall–Kier alpha value is -2.04. The molecular weight excluding hydrogens is 386 g/mol. The highest BCUT2D eigenvalue weighted by Crippen LogP contribution is 2.30. The maximum atomic E-state index is 13.2. The molecule has 2 heterocycles. The van der Waals surface area contributed by atoms with E-state index >= 15 is 0 Å². The Kier molecular flexibility index (Phi) is 6.01. The lowest BCUT2D eigenvalue weighted by Gasteiger charge is -2.35. The number of carbonyl (C=O) groups is 1. The topological polar surface area (TPSA) is 110 Å². The van der Waals surface area contributed by atoms with Gasteiger partial charge in [0.1, 0.15) is 0 Å². The maximum absolute atomic E-state index is 13.2. The molecule has 0 bridgehead atoms. The molecule has 0 saturated carbocycles. The minimum absolute atomic E-state index is 0.0462. The molecule has 2 fully saturated rings. The van der Waals surface area contributed by atoms with Gasteiger partial charge in [-0.1, -0.05) is 0 Å². The molecule has 28 heavy (non-hydrogen) atoms. The summed E-state index contributed by atoms with van der Waals surface area (Å²) in [6, 6.07) is 2.49. The average molecular weight is 411 g/mol. The molecule has 1 amide bonds. The standard InChI is InChI=1S/C18H25N3O6S/c1-13-10-16(21(23)24)11-17(14(13)2)28(25,26)20-5-3-4-15(12-20)18(22)19-6-8-27-9-7-19/h10-11,15H,3-9,12H2,1-2H3/t15-/m1/s1. The van der Waals surface area contributed by atoms with Crippen molar-refractivity contribution >= 4 is 21.6 Å². The predicted octanol–water partition coefficient (Wildman–Crippen LogP) is 1.47. The summed E-state index contributed by atoms with van der Waals surface area (Å²) in [5, 5.41) is 11.2. The van der Waals surface area contributed by atoms with Gasteiger partial charge in [-0.2, -0.15) is 4.31 Å². The van der Waals surface area contributed by atoms with Crippen LogP contribution < -0.4 is 0 Å². The molecule has 9 nitrogen and oxygen atoms in total. The minimum Gasteiger partial charge on any atom is -0.378 e. The van der Waals surface area contributed by atoms with Gasteiger partial charge in [-0.25, -0.2) is 8.42 Å². The number of rotatable bonds is 4. The SMILES string of the molecule is Cc1cc([N+](=O)[O-])cc(S(=O)(=O)N2CCC[C@@H](C(=O)N3CCOCC3)C2)c1C. The molecule has 2 aliphatic rings. The van der Waals surface area contributed by atoms with Gasteiger partial charge < -0.3 is 9.64 Å². The highest BCUT2D eigenvalue weighted by atomic mass is 32.2. The van der Waals surface area contributed by atoms with Crippen molar-refractivity contribution in [3.05, 3.63) is 33.4 Å². The zero-order chi connectivity index (χ0) is 20.5. The second-order valence-electron chi connectivity index (χ2n) is 7.28. The van der Waals surface area contributed by atoms with Gasteiger partial charge in [-0.15, -0.1) is 0 Å². The number of nitro groups is 1. The molecule has 0 aromatic heterocycles. The Morgan fingerprint density at radius 3 is 2.54 bits per heavy atom. The van der Waals surface area contributed by atoms with Crippen molar-refractivity contribution < 1.29 is 22.9 Å². The van der Waals surface area contributed by atoms with E-state index < -0.39 is 20.9 Å². The van der Waals surface area contributed by atoms with Crippen LogP contribution in [0.3, 0.4) is 0 Å². The van der Waals surface area contributed by atoms with E-state index in [1.54, 1.807) is 18.7 Å². The first kappa shape index (κ1) is 20.7. The Bertz CT molecular complexity index is 880. The number of nitrogens with zero attached hydrogens (tertiary/aromatic N) is 3. The average Bonchev–Trinajstić information content (AvgIpc) is 2.69. The van der Waals surface area contributed by atoms with Gasteiger partial charge in [0.25, 0.3) is 5.69 Å². The Labute approximate surface area is 164 Å². The third kappa shape index (κ3) is 4.03. The van der Waals surface area contributed by atoms with E-state index in [1.807, 2.05) is 0 Å². The molecule has 3 rings (SSSR count). The number of morpholine rings is 1. The molecule has 0 spiro atoms. The number of benzene rings is 1. The largest absolute Gasteiger partial charge is 0.378 e. The van der Waals surface area contributed by atoms with Crippen LogP contribution in [0.4, 0.5) is 5.69 Å². The summed E-state index contributed by atoms with van der Waals surface area (Å²) in [6.45, 7) is 5.72. The molecule has 0 radical (unpaired) electrons. The molecule has 0 N–H and O–H groups in total. The molecule has 10 heteroatoms. The second kappa shape index (κ2) is 8.14. The van der Waals surface area contributed by atoms with Crippen LogP contribution in [0, 0.1) is 29.9 Å². The maximum Gasteiger partial charge on any atom is 0.271 e. The zero-order valence-corrected chi connectivity index (χ0v) is 16.9. The number of nitro benzene ring substituents is 1. The van der Waals surface area contributed by atoms with E-state index in [2.05, 4.69) is 0 Å². The van der Waals surface area contributed by atoms with Crippen LogP contribution in [-0.2, 0) is 19.6 Å². The Balaban J connectivity index is 1.86. The van der Waals surface area contributed by atoms with E-state index in [0.717, 1.165) is 6.07 Å². The number of ether oxygens (including phenoxy) is 1. The van der Waals surface area contributed by atoms with Crippen molar-refractivity contribution in [2.75, 3.05) is 39.4 Å². The van der Waals surface area contributed by atoms with Crippen molar-refractivity contribution in [2.24, 2.45) is 5.92 Å². The van der Waals surface area contributed by atoms with Crippen LogP contribution in [-0.4, -0.2) is 67.8 Å². The molecular formula is C18H25N3O6S. The molecule has 1 atom stereocenters. The lowest BCUT2D eigenvalue weighted by atomic mass is 9.98. The third-order valence-electron chi connectivity index (χ3n) is 5.49. The van der Waals surface area contributed by atoms with Crippen molar-refractivity contribution in [3.63, 3.8) is 0 Å². The molecule has 154 valence electrons. The summed E-state index contributed by atoms with van der Waals surface area (Å²) in [6.07, 6.45) is 1.21. The second-order valence-corrected chi connectivity index (χ2v) is 9.19. The van der Waals surface area contributed by atoms with E-state index in [9.17, 15) is 23.3 Å². The quantitative estimate of drug-likeness (QED) is 0.548. The number of aryl methyl sites for hydroxylation is 1. The number of sulfonamides is 1. The van der Waals surface area contributed by atoms with Crippen LogP contribution >= 0.6 is 0 Å². The summed E-state index contributed by atoms with van der Waals surface area (Å²) in [7, 11) is -3.93. The van der Waals surface area contributed by atoms with E-state index in [-0.39, 0.29) is 23.0 Å². The van der Waals surface area contributed by atoms with Gasteiger partial charge in [0.05, 0.1) is 29.0 Å². The third-order valence-corrected chi connectivity index (χ3v) is 7.48. The van der Waals surface area contributed by atoms with Gasteiger partial charge in [0.2, 0.25) is 15.9 Å². The Morgan fingerprint density at radius 1 is 1.21 bits per heavy atom. The highest BCUT2D eigenvalue weighted by Gasteiger charge is 2.36. The number of hydrogen-bond donors (Lipinski definition) is 0. The van der Waals surface area contributed by atoms with Gasteiger partial charge in [0.15, 0.2) is 0 Å². The lowest BCUT2D eigenvalue weighted by Crippen LogP contribution is -2.49. The fourth-order valence-electron chi connectivity index (χ4n) is 3.73. The zero-order valence-electron chi connectivity index (χ0n) is 16.1. The number of non-ortho nitro benzene ring substituents is 1. The number of piperidine rings is 1. The summed E-state index contributed by atoms with van der Waals surface area (Å²) < 4.78 is 33.0. The molecule has 2 aliphatic heterocycles. The van der Waals surface area contributed by atoms with Crippen LogP contribution in [0.15, 0.2) is 17.0 Å². The first-order chi connectivity index (χ1) is 13.2. The fourth-order valence-corrected chi connectivity index (χ4v) is 5.57. The normalized spacial score (nSPS) is 21.5. The first-order valence-corrected chi connectivity index (χ1v) is 10.8. The number of carbonyl (C=O) groups excluding carboxylic acids is 1. The molecule has 0 unspecified atom stereocenters. The minimum atomic E-state index is -3.93. The van der Waals surface area contributed by atoms with Gasteiger partial charge in [0, 0.05) is 38.3 Å². The summed E-state index contributed by atoms with van der Waals surface area (Å²) in [4.78, 5) is 25.0. The summed E-state index contributed by atoms with van der Waals surface area (Å²) in [5.41, 5.74) is 0.789. The van der Waals surface area contributed by atoms with E-state index in [4.69, 9.17) is 4.74 Å². The summed E-state index contributed by atoms with van der Waals surface area (Å²) >= 11 is 0. The van der Waals surface area contributed by atoms with Crippen molar-refractivity contribution in [2.45, 2.75) is 31.6 Å². The number of amides is 1. The molecule has 1 aromatic rings. The van der Waals surface area contributed by atoms with Crippen LogP contribution in [0.2, 0.25) is 0 Å². The Morgan fingerprint density at radius 2 is 1.89 bits per heavy atom. The van der Waals surface area contributed by atoms with Gasteiger partial charge in [-0.05, 0) is 37.8 Å². The van der Waals surface area contributed by atoms with Gasteiger partial charge in [-0.3, -0.25) is 14.9 Å². The van der Waals surface area contributed by atoms with Crippen LogP contribution in [0.25, 0.3) is 0 Å². The van der Waals surface area contributed by atoms with Crippen LogP contribution in [0.5, 0.6) is 0 Å². The fraction of sp³-hybridized carbons (Fsp3) is 0.611. The van der Waals surface area contributed by atoms with Crippen molar-refractivity contribution in [3.8, 4) is 0 Å². The highest BCUT2D eigenvalue weighted by molar-refractivity contribution is 7.89. The number of hydrogen-bond acceptors (Lipinski definition) is 6. The summed E-state index contributed by atoms with van der Waals surface area (Å²) in [5.74, 6) is -0.447. The molecule has 0 aliphatic carbocycles. The van der Waals surface area contributed by atoms with E-state index in [0.29, 0.717) is 56.8 Å². The van der Waals surface area contributed by atoms with Crippen LogP contribution in [0.1, 0.15) is 24.0 Å². The van der Waals surface area contributed by atoms with Crippen molar-refractivity contribution in [1.82, 2.24) is 9.21 Å². The van der Waals surface area contributed by atoms with E-state index in [1.165, 1.54) is 10.4 Å². The smallest absolute Gasteiger partial charge is 0.271 e. The van der Waals surface area contributed by atoms with Crippen molar-refractivity contribution in [1.29, 1.82) is 0 Å². The molecule has 2 saturated heterocycles. The first-order valence-electron chi connectivity index (χ1n) is 9.34. The lowest BCUT2D eigenvalue weighted by molar-refractivity contribution is -0.385.